The normalized spacial score (nSPS) is 23.1. The Morgan fingerprint density at radius 2 is 1.80 bits per heavy atom. The molecular formula is C15H29N3O2. The lowest BCUT2D eigenvalue weighted by Crippen LogP contribution is -2.52. The summed E-state index contributed by atoms with van der Waals surface area (Å²) in [6, 6.07) is 0.923. The number of likely N-dealkylation sites (tertiary alicyclic amines) is 1. The molecule has 2 saturated heterocycles. The van der Waals surface area contributed by atoms with Crippen molar-refractivity contribution < 1.29 is 9.53 Å². The van der Waals surface area contributed by atoms with Crippen molar-refractivity contribution >= 4 is 6.03 Å². The molecule has 2 heterocycles. The average Bonchev–Trinajstić information content (AvgIpc) is 2.82. The molecule has 2 aliphatic rings. The second-order valence-electron chi connectivity index (χ2n) is 6.77. The summed E-state index contributed by atoms with van der Waals surface area (Å²) >= 11 is 0. The number of ether oxygens (including phenoxy) is 1. The van der Waals surface area contributed by atoms with Gasteiger partial charge in [0.25, 0.3) is 0 Å². The molecule has 0 atom stereocenters. The summed E-state index contributed by atoms with van der Waals surface area (Å²) in [5.74, 6) is 0. The van der Waals surface area contributed by atoms with Crippen LogP contribution in [0.5, 0.6) is 0 Å². The summed E-state index contributed by atoms with van der Waals surface area (Å²) in [4.78, 5) is 18.5. The zero-order valence-corrected chi connectivity index (χ0v) is 13.6. The highest BCUT2D eigenvalue weighted by molar-refractivity contribution is 5.74. The van der Waals surface area contributed by atoms with Crippen molar-refractivity contribution in [1.29, 1.82) is 0 Å². The van der Waals surface area contributed by atoms with Crippen LogP contribution in [-0.4, -0.2) is 71.8 Å². The fraction of sp³-hybridized carbons (Fsp3) is 0.933. The minimum atomic E-state index is -0.0164. The van der Waals surface area contributed by atoms with Gasteiger partial charge in [0.1, 0.15) is 6.73 Å². The van der Waals surface area contributed by atoms with E-state index in [1.165, 1.54) is 0 Å². The molecule has 116 valence electrons. The van der Waals surface area contributed by atoms with Gasteiger partial charge in [0.2, 0.25) is 0 Å². The molecular weight excluding hydrogens is 254 g/mol. The van der Waals surface area contributed by atoms with Gasteiger partial charge in [-0.3, -0.25) is 4.90 Å². The molecule has 0 aromatic heterocycles. The van der Waals surface area contributed by atoms with Crippen LogP contribution in [0.25, 0.3) is 0 Å². The van der Waals surface area contributed by atoms with Crippen molar-refractivity contribution in [2.45, 2.75) is 58.2 Å². The number of nitrogens with zero attached hydrogens (tertiary/aromatic N) is 3. The zero-order chi connectivity index (χ0) is 14.9. The van der Waals surface area contributed by atoms with Gasteiger partial charge in [-0.25, -0.2) is 4.79 Å². The summed E-state index contributed by atoms with van der Waals surface area (Å²) in [7, 11) is 1.88. The predicted octanol–water partition coefficient (Wildman–Crippen LogP) is 1.98. The van der Waals surface area contributed by atoms with Gasteiger partial charge >= 0.3 is 6.03 Å². The predicted molar refractivity (Wildman–Crippen MR) is 79.6 cm³/mol. The van der Waals surface area contributed by atoms with Gasteiger partial charge in [-0.05, 0) is 40.5 Å². The van der Waals surface area contributed by atoms with E-state index in [2.05, 4.69) is 18.7 Å². The van der Waals surface area contributed by atoms with E-state index in [1.54, 1.807) is 0 Å². The van der Waals surface area contributed by atoms with Crippen LogP contribution >= 0.6 is 0 Å². The van der Waals surface area contributed by atoms with Crippen LogP contribution < -0.4 is 0 Å². The van der Waals surface area contributed by atoms with Crippen molar-refractivity contribution in [1.82, 2.24) is 14.7 Å². The minimum absolute atomic E-state index is 0.0164. The molecule has 0 aliphatic carbocycles. The van der Waals surface area contributed by atoms with Crippen LogP contribution in [0, 0.1) is 0 Å². The number of amides is 2. The van der Waals surface area contributed by atoms with E-state index in [4.69, 9.17) is 4.74 Å². The van der Waals surface area contributed by atoms with Gasteiger partial charge in [0.15, 0.2) is 0 Å². The first-order valence-corrected chi connectivity index (χ1v) is 7.74. The number of piperidine rings is 1. The number of urea groups is 1. The zero-order valence-electron chi connectivity index (χ0n) is 13.6. The highest BCUT2D eigenvalue weighted by Gasteiger charge is 2.43. The molecule has 5 nitrogen and oxygen atoms in total. The molecule has 0 aromatic rings. The topological polar surface area (TPSA) is 36.0 Å². The Labute approximate surface area is 122 Å². The van der Waals surface area contributed by atoms with Gasteiger partial charge < -0.3 is 14.5 Å². The van der Waals surface area contributed by atoms with E-state index >= 15 is 0 Å². The monoisotopic (exact) mass is 283 g/mol. The van der Waals surface area contributed by atoms with Gasteiger partial charge in [-0.1, -0.05) is 0 Å². The molecule has 20 heavy (non-hydrogen) atoms. The highest BCUT2D eigenvalue weighted by atomic mass is 16.5. The Bertz CT molecular complexity index is 349. The third-order valence-corrected chi connectivity index (χ3v) is 4.78. The summed E-state index contributed by atoms with van der Waals surface area (Å²) in [5, 5.41) is 0. The van der Waals surface area contributed by atoms with Crippen LogP contribution in [0.2, 0.25) is 0 Å². The Balaban J connectivity index is 1.88. The quantitative estimate of drug-likeness (QED) is 0.777. The lowest BCUT2D eigenvalue weighted by molar-refractivity contribution is -0.0352. The smallest absolute Gasteiger partial charge is 0.319 e. The summed E-state index contributed by atoms with van der Waals surface area (Å²) in [5.41, 5.74) is -0.0164. The second-order valence-corrected chi connectivity index (χ2v) is 6.77. The van der Waals surface area contributed by atoms with Crippen molar-refractivity contribution in [2.75, 3.05) is 33.4 Å². The Kier molecular flexibility index (Phi) is 4.59. The van der Waals surface area contributed by atoms with Crippen molar-refractivity contribution in [3.05, 3.63) is 0 Å². The molecule has 2 fully saturated rings. The average molecular weight is 283 g/mol. The number of hydrogen-bond acceptors (Lipinski definition) is 3. The van der Waals surface area contributed by atoms with E-state index in [-0.39, 0.29) is 17.7 Å². The van der Waals surface area contributed by atoms with Gasteiger partial charge in [-0.15, -0.1) is 0 Å². The molecule has 0 aromatic carbocycles. The molecule has 0 radical (unpaired) electrons. The van der Waals surface area contributed by atoms with E-state index in [9.17, 15) is 4.79 Å². The standard InChI is InChI=1S/C15H29N3O2/c1-12(2)16(5)14(19)17-8-6-15(7-9-17)10-18(11-20-15)13(3)4/h12-13H,6-11H2,1-5H3. The fourth-order valence-corrected chi connectivity index (χ4v) is 2.86. The first-order chi connectivity index (χ1) is 9.34. The summed E-state index contributed by atoms with van der Waals surface area (Å²) < 4.78 is 6.07. The van der Waals surface area contributed by atoms with Gasteiger partial charge in [0.05, 0.1) is 5.60 Å². The number of carbonyl (C=O) groups excluding carboxylic acids is 1. The van der Waals surface area contributed by atoms with Crippen LogP contribution in [0.3, 0.4) is 0 Å². The number of carbonyl (C=O) groups is 1. The summed E-state index contributed by atoms with van der Waals surface area (Å²) in [6.45, 7) is 11.9. The second kappa shape index (κ2) is 5.90. The molecule has 0 N–H and O–H groups in total. The third kappa shape index (κ3) is 3.09. The number of hydrogen-bond donors (Lipinski definition) is 0. The molecule has 1 spiro atoms. The fourth-order valence-electron chi connectivity index (χ4n) is 2.86. The maximum absolute atomic E-state index is 12.3. The Morgan fingerprint density at radius 1 is 1.20 bits per heavy atom. The van der Waals surface area contributed by atoms with Crippen molar-refractivity contribution in [2.24, 2.45) is 0 Å². The van der Waals surface area contributed by atoms with Crippen molar-refractivity contribution in [3.8, 4) is 0 Å². The third-order valence-electron chi connectivity index (χ3n) is 4.78. The lowest BCUT2D eigenvalue weighted by Gasteiger charge is -2.40. The van der Waals surface area contributed by atoms with Gasteiger partial charge in [-0.2, -0.15) is 0 Å². The van der Waals surface area contributed by atoms with Crippen LogP contribution in [-0.2, 0) is 4.74 Å². The Morgan fingerprint density at radius 3 is 2.25 bits per heavy atom. The first kappa shape index (κ1) is 15.6. The first-order valence-electron chi connectivity index (χ1n) is 7.74. The Hall–Kier alpha value is -0.810. The van der Waals surface area contributed by atoms with Crippen LogP contribution in [0.1, 0.15) is 40.5 Å². The minimum Gasteiger partial charge on any atom is -0.358 e. The molecule has 2 amide bonds. The SMILES string of the molecule is CC(C)N1COC2(CCN(C(=O)N(C)C(C)C)CC2)C1. The van der Waals surface area contributed by atoms with E-state index in [0.29, 0.717) is 6.04 Å². The molecule has 0 saturated carbocycles. The van der Waals surface area contributed by atoms with E-state index < -0.39 is 0 Å². The lowest BCUT2D eigenvalue weighted by atomic mass is 9.91. The molecule has 0 unspecified atom stereocenters. The highest BCUT2D eigenvalue weighted by Crippen LogP contribution is 2.33. The number of rotatable bonds is 2. The summed E-state index contributed by atoms with van der Waals surface area (Å²) in [6.07, 6.45) is 1.90. The maximum Gasteiger partial charge on any atom is 0.319 e. The molecule has 5 heteroatoms. The molecule has 0 bridgehead atoms. The van der Waals surface area contributed by atoms with E-state index in [0.717, 1.165) is 39.2 Å². The maximum atomic E-state index is 12.3. The van der Waals surface area contributed by atoms with E-state index in [1.807, 2.05) is 30.7 Å². The van der Waals surface area contributed by atoms with Gasteiger partial charge in [0, 0.05) is 38.8 Å². The molecule has 2 aliphatic heterocycles. The van der Waals surface area contributed by atoms with Crippen molar-refractivity contribution in [3.63, 3.8) is 0 Å². The van der Waals surface area contributed by atoms with Crippen LogP contribution in [0.4, 0.5) is 4.79 Å². The molecule has 2 rings (SSSR count). The largest absolute Gasteiger partial charge is 0.358 e. The van der Waals surface area contributed by atoms with Crippen LogP contribution in [0.15, 0.2) is 0 Å².